The quantitative estimate of drug-likeness (QED) is 0.503. The molecular formula is C15H12O7. The number of ketones is 1. The van der Waals surface area contributed by atoms with E-state index < -0.39 is 29.5 Å². The number of rotatable bonds is 1. The van der Waals surface area contributed by atoms with Crippen LogP contribution in [-0.4, -0.2) is 31.3 Å². The van der Waals surface area contributed by atoms with Crippen LogP contribution in [0.2, 0.25) is 0 Å². The largest absolute Gasteiger partial charge is 0.508 e. The van der Waals surface area contributed by atoms with Gasteiger partial charge in [-0.2, -0.15) is 0 Å². The van der Waals surface area contributed by atoms with Crippen LogP contribution in [0.1, 0.15) is 22.3 Å². The molecule has 0 saturated carbocycles. The number of hydrogen-bond donors (Lipinski definition) is 5. The second kappa shape index (κ2) is 4.54. The van der Waals surface area contributed by atoms with E-state index in [0.717, 1.165) is 24.3 Å². The fraction of sp³-hybridized carbons (Fsp3) is 0.133. The monoisotopic (exact) mass is 304 g/mol. The molecule has 0 aromatic heterocycles. The summed E-state index contributed by atoms with van der Waals surface area (Å²) in [6.07, 6.45) is -0.497. The number of ether oxygens (including phenoxy) is 1. The van der Waals surface area contributed by atoms with E-state index in [4.69, 9.17) is 4.74 Å². The summed E-state index contributed by atoms with van der Waals surface area (Å²) < 4.78 is 5.35. The number of aromatic hydroxyl groups is 4. The van der Waals surface area contributed by atoms with Crippen LogP contribution in [0.4, 0.5) is 0 Å². The van der Waals surface area contributed by atoms with Crippen LogP contribution >= 0.6 is 0 Å². The number of aliphatic hydroxyl groups is 1. The standard InChI is InChI=1S/C15H12O7/c16-8-4-11(19)14-12(20)6-15(21,22-13(14)5-8)7-1-2-9(17)10(18)3-7/h1-5,16-19,21H,6H2/t15-/m0/s1. The van der Waals surface area contributed by atoms with Crippen molar-refractivity contribution in [1.29, 1.82) is 0 Å². The van der Waals surface area contributed by atoms with Crippen molar-refractivity contribution < 1.29 is 35.1 Å². The summed E-state index contributed by atoms with van der Waals surface area (Å²) in [6.45, 7) is 0. The van der Waals surface area contributed by atoms with E-state index in [0.29, 0.717) is 0 Å². The van der Waals surface area contributed by atoms with E-state index in [1.165, 1.54) is 6.07 Å². The molecule has 0 unspecified atom stereocenters. The van der Waals surface area contributed by atoms with Gasteiger partial charge in [-0.3, -0.25) is 4.79 Å². The Kier molecular flexibility index (Phi) is 2.89. The molecule has 2 aromatic carbocycles. The Morgan fingerprint density at radius 2 is 1.68 bits per heavy atom. The molecule has 1 aliphatic rings. The number of carbonyl (C=O) groups is 1. The second-order valence-corrected chi connectivity index (χ2v) is 5.03. The smallest absolute Gasteiger partial charge is 0.242 e. The Morgan fingerprint density at radius 1 is 0.955 bits per heavy atom. The first kappa shape index (κ1) is 14.0. The van der Waals surface area contributed by atoms with Crippen LogP contribution in [0, 0.1) is 0 Å². The molecule has 1 atom stereocenters. The fourth-order valence-electron chi connectivity index (χ4n) is 2.40. The summed E-state index contributed by atoms with van der Waals surface area (Å²) in [7, 11) is 0. The minimum atomic E-state index is -2.09. The maximum absolute atomic E-state index is 12.2. The Balaban J connectivity index is 2.10. The molecule has 5 N–H and O–H groups in total. The normalized spacial score (nSPS) is 20.3. The first-order valence-electron chi connectivity index (χ1n) is 6.33. The van der Waals surface area contributed by atoms with Gasteiger partial charge in [0.15, 0.2) is 17.3 Å². The zero-order chi connectivity index (χ0) is 16.1. The van der Waals surface area contributed by atoms with Gasteiger partial charge in [0.1, 0.15) is 22.8 Å². The average Bonchev–Trinajstić information content (AvgIpc) is 2.40. The Labute approximate surface area is 124 Å². The molecule has 0 radical (unpaired) electrons. The molecule has 3 rings (SSSR count). The predicted molar refractivity (Wildman–Crippen MR) is 73.0 cm³/mol. The van der Waals surface area contributed by atoms with Crippen LogP contribution in [-0.2, 0) is 5.79 Å². The number of phenolic OH excluding ortho intramolecular Hbond substituents is 4. The number of phenols is 4. The highest BCUT2D eigenvalue weighted by atomic mass is 16.6. The van der Waals surface area contributed by atoms with E-state index in [9.17, 15) is 30.3 Å². The van der Waals surface area contributed by atoms with Crippen LogP contribution in [0.15, 0.2) is 30.3 Å². The van der Waals surface area contributed by atoms with Gasteiger partial charge < -0.3 is 30.3 Å². The Hall–Kier alpha value is -2.93. The molecule has 114 valence electrons. The van der Waals surface area contributed by atoms with E-state index >= 15 is 0 Å². The summed E-state index contributed by atoms with van der Waals surface area (Å²) in [5.41, 5.74) is -0.0879. The van der Waals surface area contributed by atoms with E-state index in [-0.39, 0.29) is 28.4 Å². The highest BCUT2D eigenvalue weighted by Gasteiger charge is 2.42. The fourth-order valence-corrected chi connectivity index (χ4v) is 2.40. The Bertz CT molecular complexity index is 784. The molecule has 1 aliphatic heterocycles. The van der Waals surface area contributed by atoms with E-state index in [2.05, 4.69) is 0 Å². The third-order valence-corrected chi connectivity index (χ3v) is 3.45. The van der Waals surface area contributed by atoms with Gasteiger partial charge in [-0.1, -0.05) is 0 Å². The van der Waals surface area contributed by atoms with Crippen molar-refractivity contribution in [2.75, 3.05) is 0 Å². The minimum absolute atomic E-state index is 0.0460. The van der Waals surface area contributed by atoms with Gasteiger partial charge in [-0.25, -0.2) is 0 Å². The van der Waals surface area contributed by atoms with Gasteiger partial charge in [0.25, 0.3) is 0 Å². The summed E-state index contributed by atoms with van der Waals surface area (Å²) in [4.78, 5) is 12.2. The summed E-state index contributed by atoms with van der Waals surface area (Å²) in [6, 6.07) is 5.59. The zero-order valence-electron chi connectivity index (χ0n) is 11.1. The maximum atomic E-state index is 12.2. The van der Waals surface area contributed by atoms with Gasteiger partial charge in [-0.05, 0) is 18.2 Å². The lowest BCUT2D eigenvalue weighted by molar-refractivity contribution is -0.147. The lowest BCUT2D eigenvalue weighted by atomic mass is 9.92. The molecule has 0 spiro atoms. The van der Waals surface area contributed by atoms with Crippen LogP contribution < -0.4 is 4.74 Å². The molecule has 0 fully saturated rings. The SMILES string of the molecule is O=C1C[C@@](O)(c2ccc(O)c(O)c2)Oc2cc(O)cc(O)c21. The molecule has 0 amide bonds. The van der Waals surface area contributed by atoms with Gasteiger partial charge in [0.2, 0.25) is 5.79 Å². The number of carbonyl (C=O) groups excluding carboxylic acids is 1. The predicted octanol–water partition coefficient (Wildman–Crippen LogP) is 1.32. The van der Waals surface area contributed by atoms with Crippen LogP contribution in [0.3, 0.4) is 0 Å². The minimum Gasteiger partial charge on any atom is -0.508 e. The highest BCUT2D eigenvalue weighted by Crippen LogP contribution is 2.44. The first-order valence-corrected chi connectivity index (χ1v) is 6.33. The van der Waals surface area contributed by atoms with Crippen molar-refractivity contribution >= 4 is 5.78 Å². The number of benzene rings is 2. The lowest BCUT2D eigenvalue weighted by Gasteiger charge is -2.33. The molecular weight excluding hydrogens is 292 g/mol. The van der Waals surface area contributed by atoms with Gasteiger partial charge in [0, 0.05) is 17.7 Å². The van der Waals surface area contributed by atoms with Crippen LogP contribution in [0.25, 0.3) is 0 Å². The Morgan fingerprint density at radius 3 is 2.36 bits per heavy atom. The average molecular weight is 304 g/mol. The summed E-state index contributed by atoms with van der Waals surface area (Å²) >= 11 is 0. The van der Waals surface area contributed by atoms with Crippen molar-refractivity contribution in [2.24, 2.45) is 0 Å². The summed E-state index contributed by atoms with van der Waals surface area (Å²) in [5.74, 6) is -4.50. The van der Waals surface area contributed by atoms with Gasteiger partial charge >= 0.3 is 0 Å². The molecule has 2 aromatic rings. The molecule has 7 heteroatoms. The summed E-state index contributed by atoms with van der Waals surface area (Å²) in [5, 5.41) is 48.6. The maximum Gasteiger partial charge on any atom is 0.242 e. The lowest BCUT2D eigenvalue weighted by Crippen LogP contribution is -2.39. The van der Waals surface area contributed by atoms with E-state index in [1.54, 1.807) is 0 Å². The third kappa shape index (κ3) is 2.08. The van der Waals surface area contributed by atoms with E-state index in [1.807, 2.05) is 0 Å². The van der Waals surface area contributed by atoms with Crippen molar-refractivity contribution in [3.63, 3.8) is 0 Å². The molecule has 22 heavy (non-hydrogen) atoms. The van der Waals surface area contributed by atoms with Gasteiger partial charge in [-0.15, -0.1) is 0 Å². The number of hydrogen-bond acceptors (Lipinski definition) is 7. The molecule has 0 bridgehead atoms. The van der Waals surface area contributed by atoms with Crippen LogP contribution in [0.5, 0.6) is 28.7 Å². The van der Waals surface area contributed by atoms with Crippen molar-refractivity contribution in [1.82, 2.24) is 0 Å². The zero-order valence-corrected chi connectivity index (χ0v) is 11.1. The number of Topliss-reactive ketones (excluding diaryl/α,β-unsaturated/α-hetero) is 1. The second-order valence-electron chi connectivity index (χ2n) is 5.03. The molecule has 1 heterocycles. The molecule has 7 nitrogen and oxygen atoms in total. The van der Waals surface area contributed by atoms with Crippen molar-refractivity contribution in [3.05, 3.63) is 41.5 Å². The molecule has 0 saturated heterocycles. The number of fused-ring (bicyclic) bond motifs is 1. The van der Waals surface area contributed by atoms with Crippen molar-refractivity contribution in [3.8, 4) is 28.7 Å². The third-order valence-electron chi connectivity index (χ3n) is 3.45. The molecule has 0 aliphatic carbocycles. The highest BCUT2D eigenvalue weighted by molar-refractivity contribution is 6.03. The first-order chi connectivity index (χ1) is 10.3. The van der Waals surface area contributed by atoms with Crippen molar-refractivity contribution in [2.45, 2.75) is 12.2 Å². The van der Waals surface area contributed by atoms with Gasteiger partial charge in [0.05, 0.1) is 6.42 Å². The topological polar surface area (TPSA) is 127 Å².